The van der Waals surface area contributed by atoms with Crippen molar-refractivity contribution in [1.82, 2.24) is 10.6 Å². The fourth-order valence-corrected chi connectivity index (χ4v) is 3.98. The van der Waals surface area contributed by atoms with E-state index in [2.05, 4.69) is 22.8 Å². The van der Waals surface area contributed by atoms with Crippen molar-refractivity contribution in [3.63, 3.8) is 0 Å². The molecule has 1 saturated carbocycles. The third kappa shape index (κ3) is 3.50. The summed E-state index contributed by atoms with van der Waals surface area (Å²) in [5, 5.41) is 24.9. The van der Waals surface area contributed by atoms with E-state index in [1.165, 1.54) is 0 Å². The summed E-state index contributed by atoms with van der Waals surface area (Å²) in [4.78, 5) is 12.5. The number of nitriles is 2. The van der Waals surface area contributed by atoms with Gasteiger partial charge in [0.1, 0.15) is 5.54 Å². The van der Waals surface area contributed by atoms with Gasteiger partial charge in [-0.1, -0.05) is 42.8 Å². The summed E-state index contributed by atoms with van der Waals surface area (Å²) in [5.41, 5.74) is 3.03. The average molecular weight is 370 g/mol. The number of carbonyl (C=O) groups is 1. The highest BCUT2D eigenvalue weighted by Crippen LogP contribution is 2.51. The summed E-state index contributed by atoms with van der Waals surface area (Å²) in [7, 11) is 0. The number of hydrogen-bond donors (Lipinski definition) is 2. The standard InChI is InChI=1S/C23H22N4O/c24-14-16-4-6-17(7-5-16)18-8-10-19(11-9-18)20-13-23(20,15-25)27-22(28)21-3-1-2-12-26-21/h4-11,20-21,26H,1-3,12-13H2,(H,27,28)/t20-,21?,23+/m1/s1. The monoisotopic (exact) mass is 370 g/mol. The van der Waals surface area contributed by atoms with Gasteiger partial charge in [0, 0.05) is 5.92 Å². The molecule has 1 heterocycles. The predicted molar refractivity (Wildman–Crippen MR) is 106 cm³/mol. The maximum atomic E-state index is 12.5. The van der Waals surface area contributed by atoms with Crippen LogP contribution in [-0.4, -0.2) is 24.0 Å². The van der Waals surface area contributed by atoms with Crippen LogP contribution >= 0.6 is 0 Å². The number of piperidine rings is 1. The van der Waals surface area contributed by atoms with Crippen LogP contribution in [0.3, 0.4) is 0 Å². The topological polar surface area (TPSA) is 88.7 Å². The molecule has 0 aromatic heterocycles. The first-order chi connectivity index (χ1) is 13.6. The zero-order valence-corrected chi connectivity index (χ0v) is 15.6. The number of nitrogens with zero attached hydrogens (tertiary/aromatic N) is 2. The van der Waals surface area contributed by atoms with Crippen LogP contribution in [0.4, 0.5) is 0 Å². The van der Waals surface area contributed by atoms with Gasteiger partial charge in [0.25, 0.3) is 0 Å². The number of benzene rings is 2. The van der Waals surface area contributed by atoms with Crippen molar-refractivity contribution in [2.75, 3.05) is 6.54 Å². The number of nitrogens with one attached hydrogen (secondary N) is 2. The molecule has 2 fully saturated rings. The predicted octanol–water partition coefficient (Wildman–Crippen LogP) is 3.23. The summed E-state index contributed by atoms with van der Waals surface area (Å²) in [6, 6.07) is 19.9. The number of rotatable bonds is 4. The second kappa shape index (κ2) is 7.46. The molecule has 140 valence electrons. The summed E-state index contributed by atoms with van der Waals surface area (Å²) in [6.45, 7) is 0.859. The minimum absolute atomic E-state index is 0.0278. The first-order valence-electron chi connectivity index (χ1n) is 9.72. The van der Waals surface area contributed by atoms with Gasteiger partial charge in [-0.05, 0) is 54.6 Å². The second-order valence-electron chi connectivity index (χ2n) is 7.64. The van der Waals surface area contributed by atoms with Crippen LogP contribution in [0.25, 0.3) is 11.1 Å². The summed E-state index contributed by atoms with van der Waals surface area (Å²) in [5.74, 6) is -0.0296. The molecule has 1 aliphatic heterocycles. The molecule has 4 rings (SSSR count). The number of amides is 1. The van der Waals surface area contributed by atoms with Crippen LogP contribution in [0.2, 0.25) is 0 Å². The molecule has 1 amide bonds. The van der Waals surface area contributed by atoms with E-state index in [4.69, 9.17) is 5.26 Å². The van der Waals surface area contributed by atoms with Gasteiger partial charge in [0.2, 0.25) is 5.91 Å². The van der Waals surface area contributed by atoms with Crippen molar-refractivity contribution in [2.45, 2.75) is 43.2 Å². The van der Waals surface area contributed by atoms with E-state index in [-0.39, 0.29) is 17.9 Å². The largest absolute Gasteiger partial charge is 0.336 e. The molecule has 3 atom stereocenters. The van der Waals surface area contributed by atoms with Crippen LogP contribution in [0.5, 0.6) is 0 Å². The van der Waals surface area contributed by atoms with Crippen molar-refractivity contribution in [2.24, 2.45) is 0 Å². The molecule has 1 aliphatic carbocycles. The van der Waals surface area contributed by atoms with E-state index in [1.807, 2.05) is 36.4 Å². The fraction of sp³-hybridized carbons (Fsp3) is 0.348. The number of carbonyl (C=O) groups excluding carboxylic acids is 1. The minimum Gasteiger partial charge on any atom is -0.336 e. The average Bonchev–Trinajstić information content (AvgIpc) is 3.49. The lowest BCUT2D eigenvalue weighted by molar-refractivity contribution is -0.124. The maximum absolute atomic E-state index is 12.5. The zero-order chi connectivity index (χ0) is 19.6. The van der Waals surface area contributed by atoms with Gasteiger partial charge in [-0.3, -0.25) is 4.79 Å². The molecule has 2 N–H and O–H groups in total. The molecular formula is C23H22N4O. The summed E-state index contributed by atoms with van der Waals surface area (Å²) >= 11 is 0. The molecule has 28 heavy (non-hydrogen) atoms. The Morgan fingerprint density at radius 2 is 1.71 bits per heavy atom. The second-order valence-corrected chi connectivity index (χ2v) is 7.64. The molecule has 0 radical (unpaired) electrons. The van der Waals surface area contributed by atoms with Gasteiger partial charge in [-0.2, -0.15) is 10.5 Å². The highest BCUT2D eigenvalue weighted by Gasteiger charge is 2.57. The lowest BCUT2D eigenvalue weighted by Gasteiger charge is -2.24. The summed E-state index contributed by atoms with van der Waals surface area (Å²) in [6.07, 6.45) is 3.63. The van der Waals surface area contributed by atoms with Gasteiger partial charge >= 0.3 is 0 Å². The molecule has 2 aromatic rings. The van der Waals surface area contributed by atoms with Crippen LogP contribution in [0.15, 0.2) is 48.5 Å². The zero-order valence-electron chi connectivity index (χ0n) is 15.6. The minimum atomic E-state index is -0.786. The Morgan fingerprint density at radius 3 is 2.29 bits per heavy atom. The highest BCUT2D eigenvalue weighted by atomic mass is 16.2. The SMILES string of the molecule is N#Cc1ccc(-c2ccc([C@H]3C[C@@]3(C#N)NC(=O)C3CCCCN3)cc2)cc1. The van der Waals surface area contributed by atoms with Crippen molar-refractivity contribution < 1.29 is 4.79 Å². The van der Waals surface area contributed by atoms with Gasteiger partial charge in [-0.15, -0.1) is 0 Å². The molecule has 0 bridgehead atoms. The Bertz CT molecular complexity index is 946. The maximum Gasteiger partial charge on any atom is 0.238 e. The van der Waals surface area contributed by atoms with Crippen molar-refractivity contribution in [1.29, 1.82) is 10.5 Å². The highest BCUT2D eigenvalue weighted by molar-refractivity contribution is 5.84. The van der Waals surface area contributed by atoms with Crippen LogP contribution < -0.4 is 10.6 Å². The molecule has 1 saturated heterocycles. The molecular weight excluding hydrogens is 348 g/mol. The van der Waals surface area contributed by atoms with E-state index < -0.39 is 5.54 Å². The van der Waals surface area contributed by atoms with Crippen molar-refractivity contribution >= 4 is 5.91 Å². The smallest absolute Gasteiger partial charge is 0.238 e. The lowest BCUT2D eigenvalue weighted by Crippen LogP contribution is -2.50. The van der Waals surface area contributed by atoms with Gasteiger partial charge < -0.3 is 10.6 Å². The third-order valence-electron chi connectivity index (χ3n) is 5.79. The third-order valence-corrected chi connectivity index (χ3v) is 5.79. The van der Waals surface area contributed by atoms with Gasteiger partial charge in [-0.25, -0.2) is 0 Å². The van der Waals surface area contributed by atoms with Crippen molar-refractivity contribution in [3.8, 4) is 23.3 Å². The van der Waals surface area contributed by atoms with Gasteiger partial charge in [0.05, 0.1) is 23.7 Å². The first kappa shape index (κ1) is 18.2. The summed E-state index contributed by atoms with van der Waals surface area (Å²) < 4.78 is 0. The Labute approximate surface area is 165 Å². The van der Waals surface area contributed by atoms with Gasteiger partial charge in [0.15, 0.2) is 0 Å². The molecule has 0 spiro atoms. The fourth-order valence-electron chi connectivity index (χ4n) is 3.98. The first-order valence-corrected chi connectivity index (χ1v) is 9.72. The van der Waals surface area contributed by atoms with Crippen LogP contribution in [0, 0.1) is 22.7 Å². The Kier molecular flexibility index (Phi) is 4.86. The van der Waals surface area contributed by atoms with Crippen LogP contribution in [-0.2, 0) is 4.79 Å². The van der Waals surface area contributed by atoms with E-state index in [1.54, 1.807) is 12.1 Å². The van der Waals surface area contributed by atoms with E-state index in [0.29, 0.717) is 12.0 Å². The molecule has 1 unspecified atom stereocenters. The Morgan fingerprint density at radius 1 is 1.04 bits per heavy atom. The molecule has 5 heteroatoms. The van der Waals surface area contributed by atoms with E-state index >= 15 is 0 Å². The molecule has 5 nitrogen and oxygen atoms in total. The van der Waals surface area contributed by atoms with Crippen LogP contribution in [0.1, 0.15) is 42.7 Å². The molecule has 2 aliphatic rings. The Hall–Kier alpha value is -3.15. The lowest BCUT2D eigenvalue weighted by atomic mass is 9.99. The Balaban J connectivity index is 1.45. The van der Waals surface area contributed by atoms with E-state index in [0.717, 1.165) is 42.5 Å². The normalized spacial score (nSPS) is 25.9. The van der Waals surface area contributed by atoms with E-state index in [9.17, 15) is 10.1 Å². The number of hydrogen-bond acceptors (Lipinski definition) is 4. The quantitative estimate of drug-likeness (QED) is 0.865. The van der Waals surface area contributed by atoms with Crippen molar-refractivity contribution in [3.05, 3.63) is 59.7 Å². The molecule has 2 aromatic carbocycles.